The zero-order valence-electron chi connectivity index (χ0n) is 9.27. The molecule has 1 aliphatic carbocycles. The Morgan fingerprint density at radius 2 is 1.94 bits per heavy atom. The lowest BCUT2D eigenvalue weighted by Gasteiger charge is -2.13. The van der Waals surface area contributed by atoms with Crippen molar-refractivity contribution in [1.29, 1.82) is 0 Å². The first kappa shape index (κ1) is 11.1. The molecule has 0 aromatic rings. The average molecular weight is 225 g/mol. The van der Waals surface area contributed by atoms with E-state index >= 15 is 0 Å². The number of nitrogens with zero attached hydrogens (tertiary/aromatic N) is 1. The average Bonchev–Trinajstić information content (AvgIpc) is 2.85. The summed E-state index contributed by atoms with van der Waals surface area (Å²) in [5, 5.41) is 0. The van der Waals surface area contributed by atoms with E-state index in [2.05, 4.69) is 0 Å². The zero-order valence-corrected chi connectivity index (χ0v) is 9.27. The van der Waals surface area contributed by atoms with E-state index in [1.165, 1.54) is 7.05 Å². The lowest BCUT2D eigenvalue weighted by molar-refractivity contribution is -0.159. The number of rotatable bonds is 2. The largest absolute Gasteiger partial charge is 0.451 e. The van der Waals surface area contributed by atoms with Crippen LogP contribution in [0.25, 0.3) is 0 Å². The lowest BCUT2D eigenvalue weighted by atomic mass is 10.1. The first-order valence-electron chi connectivity index (χ1n) is 5.60. The van der Waals surface area contributed by atoms with Crippen molar-refractivity contribution in [3.05, 3.63) is 0 Å². The molecule has 0 bridgehead atoms. The van der Waals surface area contributed by atoms with Crippen molar-refractivity contribution in [3.8, 4) is 0 Å². The molecule has 1 atom stereocenters. The van der Waals surface area contributed by atoms with Crippen molar-refractivity contribution >= 4 is 17.8 Å². The summed E-state index contributed by atoms with van der Waals surface area (Å²) in [6.45, 7) is 0. The van der Waals surface area contributed by atoms with Gasteiger partial charge in [-0.25, -0.2) is 0 Å². The second-order valence-electron chi connectivity index (χ2n) is 4.40. The summed E-state index contributed by atoms with van der Waals surface area (Å²) in [6.07, 6.45) is 2.86. The zero-order chi connectivity index (χ0) is 11.7. The second kappa shape index (κ2) is 4.23. The highest BCUT2D eigenvalue weighted by molar-refractivity contribution is 6.05. The minimum absolute atomic E-state index is 0.00616. The van der Waals surface area contributed by atoms with Crippen LogP contribution in [0.1, 0.15) is 32.1 Å². The molecule has 88 valence electrons. The Kier molecular flexibility index (Phi) is 2.94. The Labute approximate surface area is 93.7 Å². The van der Waals surface area contributed by atoms with E-state index in [1.807, 2.05) is 0 Å². The normalized spacial score (nSPS) is 26.6. The first-order valence-corrected chi connectivity index (χ1v) is 5.60. The van der Waals surface area contributed by atoms with Crippen LogP contribution in [0, 0.1) is 5.92 Å². The smallest absolute Gasteiger partial charge is 0.309 e. The number of esters is 1. The van der Waals surface area contributed by atoms with Gasteiger partial charge in [-0.05, 0) is 12.8 Å². The number of likely N-dealkylation sites (tertiary alicyclic amines) is 1. The lowest BCUT2D eigenvalue weighted by Crippen LogP contribution is -2.31. The van der Waals surface area contributed by atoms with Gasteiger partial charge >= 0.3 is 5.97 Å². The first-order chi connectivity index (χ1) is 7.59. The molecular weight excluding hydrogens is 210 g/mol. The Balaban J connectivity index is 1.92. The van der Waals surface area contributed by atoms with Crippen LogP contribution in [0.4, 0.5) is 0 Å². The second-order valence-corrected chi connectivity index (χ2v) is 4.40. The molecule has 1 aliphatic heterocycles. The highest BCUT2D eigenvalue weighted by Crippen LogP contribution is 2.27. The topological polar surface area (TPSA) is 63.7 Å². The number of carbonyl (C=O) groups excluding carboxylic acids is 3. The molecule has 1 unspecified atom stereocenters. The minimum Gasteiger partial charge on any atom is -0.451 e. The number of imide groups is 1. The summed E-state index contributed by atoms with van der Waals surface area (Å²) >= 11 is 0. The SMILES string of the molecule is CN1C(=O)CC(OC(=O)C2CCCC2)C1=O. The van der Waals surface area contributed by atoms with Gasteiger partial charge in [0.1, 0.15) is 0 Å². The molecule has 2 fully saturated rings. The van der Waals surface area contributed by atoms with Gasteiger partial charge < -0.3 is 4.74 Å². The molecule has 16 heavy (non-hydrogen) atoms. The number of amides is 2. The summed E-state index contributed by atoms with van der Waals surface area (Å²) < 4.78 is 5.10. The summed E-state index contributed by atoms with van der Waals surface area (Å²) in [5.41, 5.74) is 0. The highest BCUT2D eigenvalue weighted by Gasteiger charge is 2.40. The van der Waals surface area contributed by atoms with E-state index in [0.29, 0.717) is 0 Å². The number of hydrogen-bond acceptors (Lipinski definition) is 4. The number of likely N-dealkylation sites (N-methyl/N-ethyl adjacent to an activating group) is 1. The van der Waals surface area contributed by atoms with Crippen molar-refractivity contribution in [2.75, 3.05) is 7.05 Å². The van der Waals surface area contributed by atoms with Gasteiger partial charge in [-0.2, -0.15) is 0 Å². The van der Waals surface area contributed by atoms with E-state index in [9.17, 15) is 14.4 Å². The number of ether oxygens (including phenoxy) is 1. The van der Waals surface area contributed by atoms with Gasteiger partial charge in [0.05, 0.1) is 12.3 Å². The molecule has 0 aromatic carbocycles. The Bertz CT molecular complexity index is 333. The summed E-state index contributed by atoms with van der Waals surface area (Å²) in [6, 6.07) is 0. The molecule has 0 spiro atoms. The van der Waals surface area contributed by atoms with Crippen LogP contribution in [0.5, 0.6) is 0 Å². The molecule has 0 N–H and O–H groups in total. The fourth-order valence-corrected chi connectivity index (χ4v) is 2.21. The molecule has 0 radical (unpaired) electrons. The monoisotopic (exact) mass is 225 g/mol. The quantitative estimate of drug-likeness (QED) is 0.506. The van der Waals surface area contributed by atoms with Crippen LogP contribution in [-0.2, 0) is 19.1 Å². The predicted molar refractivity (Wildman–Crippen MR) is 54.2 cm³/mol. The third kappa shape index (κ3) is 1.94. The standard InChI is InChI=1S/C11H15NO4/c1-12-9(13)6-8(10(12)14)16-11(15)7-4-2-3-5-7/h7-8H,2-6H2,1H3. The third-order valence-electron chi connectivity index (χ3n) is 3.29. The molecule has 2 rings (SSSR count). The summed E-state index contributed by atoms with van der Waals surface area (Å²) in [7, 11) is 1.41. The van der Waals surface area contributed by atoms with Crippen molar-refractivity contribution in [1.82, 2.24) is 4.90 Å². The fraction of sp³-hybridized carbons (Fsp3) is 0.727. The Morgan fingerprint density at radius 3 is 2.44 bits per heavy atom. The van der Waals surface area contributed by atoms with Gasteiger partial charge in [0, 0.05) is 7.05 Å². The fourth-order valence-electron chi connectivity index (χ4n) is 2.21. The molecule has 1 heterocycles. The van der Waals surface area contributed by atoms with Gasteiger partial charge in [-0.1, -0.05) is 12.8 Å². The van der Waals surface area contributed by atoms with E-state index in [-0.39, 0.29) is 24.2 Å². The predicted octanol–water partition coefficient (Wildman–Crippen LogP) is 0.477. The Hall–Kier alpha value is -1.39. The van der Waals surface area contributed by atoms with Gasteiger partial charge in [-0.3, -0.25) is 19.3 Å². The molecule has 5 heteroatoms. The molecule has 5 nitrogen and oxygen atoms in total. The van der Waals surface area contributed by atoms with E-state index in [4.69, 9.17) is 4.74 Å². The molecular formula is C11H15NO4. The number of hydrogen-bond donors (Lipinski definition) is 0. The van der Waals surface area contributed by atoms with Crippen LogP contribution in [0.15, 0.2) is 0 Å². The van der Waals surface area contributed by atoms with E-state index < -0.39 is 12.0 Å². The van der Waals surface area contributed by atoms with E-state index in [0.717, 1.165) is 30.6 Å². The molecule has 0 aromatic heterocycles. The molecule has 1 saturated heterocycles. The van der Waals surface area contributed by atoms with Gasteiger partial charge in [0.25, 0.3) is 5.91 Å². The third-order valence-corrected chi connectivity index (χ3v) is 3.29. The van der Waals surface area contributed by atoms with E-state index in [1.54, 1.807) is 0 Å². The molecule has 2 amide bonds. The maximum Gasteiger partial charge on any atom is 0.309 e. The molecule has 2 aliphatic rings. The van der Waals surface area contributed by atoms with Gasteiger partial charge in [0.15, 0.2) is 6.10 Å². The maximum absolute atomic E-state index is 11.7. The van der Waals surface area contributed by atoms with Crippen molar-refractivity contribution in [2.45, 2.75) is 38.2 Å². The van der Waals surface area contributed by atoms with Crippen LogP contribution in [0.2, 0.25) is 0 Å². The van der Waals surface area contributed by atoms with Gasteiger partial charge in [0.2, 0.25) is 5.91 Å². The van der Waals surface area contributed by atoms with Crippen LogP contribution in [-0.4, -0.2) is 35.8 Å². The molecule has 1 saturated carbocycles. The van der Waals surface area contributed by atoms with Crippen molar-refractivity contribution in [3.63, 3.8) is 0 Å². The minimum atomic E-state index is -0.884. The summed E-state index contributed by atoms with van der Waals surface area (Å²) in [5.74, 6) is -1.08. The highest BCUT2D eigenvalue weighted by atomic mass is 16.5. The number of carbonyl (C=O) groups is 3. The Morgan fingerprint density at radius 1 is 1.31 bits per heavy atom. The van der Waals surface area contributed by atoms with Crippen molar-refractivity contribution in [2.24, 2.45) is 5.92 Å². The van der Waals surface area contributed by atoms with Crippen LogP contribution in [0.3, 0.4) is 0 Å². The van der Waals surface area contributed by atoms with Crippen LogP contribution < -0.4 is 0 Å². The maximum atomic E-state index is 11.7. The summed E-state index contributed by atoms with van der Waals surface area (Å²) in [4.78, 5) is 35.4. The van der Waals surface area contributed by atoms with Gasteiger partial charge in [-0.15, -0.1) is 0 Å². The van der Waals surface area contributed by atoms with Crippen molar-refractivity contribution < 1.29 is 19.1 Å². The van der Waals surface area contributed by atoms with Crippen LogP contribution >= 0.6 is 0 Å².